The van der Waals surface area contributed by atoms with E-state index in [4.69, 9.17) is 4.55 Å². The highest BCUT2D eigenvalue weighted by atomic mass is 32.2. The third kappa shape index (κ3) is 7.83. The van der Waals surface area contributed by atoms with Crippen LogP contribution in [-0.4, -0.2) is 43.9 Å². The van der Waals surface area contributed by atoms with Gasteiger partial charge in [0.25, 0.3) is 10.1 Å². The van der Waals surface area contributed by atoms with Crippen LogP contribution in [0.2, 0.25) is 0 Å². The first-order chi connectivity index (χ1) is 6.78. The Labute approximate surface area is 91.4 Å². The minimum absolute atomic E-state index is 0. The van der Waals surface area contributed by atoms with Gasteiger partial charge in [-0.05, 0) is 12.8 Å². The molecule has 0 heterocycles. The summed E-state index contributed by atoms with van der Waals surface area (Å²) in [6, 6.07) is 0. The summed E-state index contributed by atoms with van der Waals surface area (Å²) in [6.45, 7) is -0.859. The molecular formula is C7H15F4NO3S. The van der Waals surface area contributed by atoms with Crippen molar-refractivity contribution in [2.24, 2.45) is 0 Å². The lowest BCUT2D eigenvalue weighted by Crippen LogP contribution is -2.33. The number of alkyl halides is 4. The fraction of sp³-hybridized carbons (Fsp3) is 1.00. The summed E-state index contributed by atoms with van der Waals surface area (Å²) in [7, 11) is -4.68. The first-order valence-corrected chi connectivity index (χ1v) is 5.82. The number of rotatable bonds is 7. The van der Waals surface area contributed by atoms with Gasteiger partial charge in [0.2, 0.25) is 0 Å². The van der Waals surface area contributed by atoms with Gasteiger partial charge in [0.15, 0.2) is 12.3 Å². The fourth-order valence-electron chi connectivity index (χ4n) is 0.951. The average Bonchev–Trinajstić information content (AvgIpc) is 2.10. The molecular weight excluding hydrogens is 254 g/mol. The molecule has 0 aromatic rings. The second-order valence-corrected chi connectivity index (χ2v) is 4.55. The van der Waals surface area contributed by atoms with Crippen molar-refractivity contribution < 1.29 is 30.5 Å². The Hall–Kier alpha value is -0.410. The molecule has 0 aromatic heterocycles. The Bertz CT molecular complexity index is 275. The van der Waals surface area contributed by atoms with Crippen LogP contribution in [0.15, 0.2) is 0 Å². The first kappa shape index (κ1) is 18.0. The van der Waals surface area contributed by atoms with E-state index in [-0.39, 0.29) is 12.6 Å². The Morgan fingerprint density at radius 2 is 1.62 bits per heavy atom. The molecule has 0 rings (SSSR count). The smallest absolute Gasteiger partial charge is 0.267 e. The van der Waals surface area contributed by atoms with Crippen LogP contribution in [0.5, 0.6) is 0 Å². The Kier molecular flexibility index (Phi) is 8.76. The van der Waals surface area contributed by atoms with Crippen LogP contribution in [-0.2, 0) is 10.1 Å². The highest BCUT2D eigenvalue weighted by molar-refractivity contribution is 7.85. The zero-order valence-electron chi connectivity index (χ0n) is 8.45. The minimum atomic E-state index is -4.68. The minimum Gasteiger partial charge on any atom is -0.344 e. The molecule has 0 aliphatic carbocycles. The SMILES string of the molecule is N.O=S(=O)(O)CC(F)C(F)C(F)CCCF. The maximum absolute atomic E-state index is 12.8. The highest BCUT2D eigenvalue weighted by Gasteiger charge is 2.32. The predicted octanol–water partition coefficient (Wildman–Crippen LogP) is 1.80. The van der Waals surface area contributed by atoms with E-state index < -0.39 is 47.5 Å². The first-order valence-electron chi connectivity index (χ1n) is 4.21. The molecule has 0 spiro atoms. The molecule has 0 amide bonds. The maximum Gasteiger partial charge on any atom is 0.267 e. The van der Waals surface area contributed by atoms with Gasteiger partial charge in [-0.1, -0.05) is 0 Å². The molecule has 3 unspecified atom stereocenters. The quantitative estimate of drug-likeness (QED) is 0.544. The molecule has 4 N–H and O–H groups in total. The molecule has 0 aromatic carbocycles. The summed E-state index contributed by atoms with van der Waals surface area (Å²) >= 11 is 0. The van der Waals surface area contributed by atoms with Gasteiger partial charge in [0.1, 0.15) is 11.9 Å². The van der Waals surface area contributed by atoms with E-state index in [2.05, 4.69) is 0 Å². The van der Waals surface area contributed by atoms with Crippen molar-refractivity contribution in [1.82, 2.24) is 6.15 Å². The van der Waals surface area contributed by atoms with Gasteiger partial charge in [0, 0.05) is 0 Å². The van der Waals surface area contributed by atoms with E-state index in [0.29, 0.717) is 0 Å². The van der Waals surface area contributed by atoms with Crippen LogP contribution in [0.4, 0.5) is 17.6 Å². The molecule has 16 heavy (non-hydrogen) atoms. The van der Waals surface area contributed by atoms with Crippen molar-refractivity contribution in [3.05, 3.63) is 0 Å². The van der Waals surface area contributed by atoms with Crippen LogP contribution < -0.4 is 6.15 Å². The Balaban J connectivity index is 0. The zero-order chi connectivity index (χ0) is 12.1. The van der Waals surface area contributed by atoms with Crippen molar-refractivity contribution in [3.8, 4) is 0 Å². The van der Waals surface area contributed by atoms with Crippen LogP contribution in [0.1, 0.15) is 12.8 Å². The van der Waals surface area contributed by atoms with Crippen molar-refractivity contribution >= 4 is 10.1 Å². The number of halogens is 4. The number of hydrogen-bond donors (Lipinski definition) is 2. The van der Waals surface area contributed by atoms with E-state index in [1.807, 2.05) is 0 Å². The molecule has 0 fully saturated rings. The summed E-state index contributed by atoms with van der Waals surface area (Å²) in [5, 5.41) is 0. The summed E-state index contributed by atoms with van der Waals surface area (Å²) in [5.74, 6) is -1.50. The van der Waals surface area contributed by atoms with Crippen molar-refractivity contribution in [2.45, 2.75) is 31.4 Å². The average molecular weight is 269 g/mol. The molecule has 0 radical (unpaired) electrons. The lowest BCUT2D eigenvalue weighted by molar-refractivity contribution is 0.0846. The lowest BCUT2D eigenvalue weighted by atomic mass is 10.1. The Morgan fingerprint density at radius 1 is 1.12 bits per heavy atom. The molecule has 0 saturated heterocycles. The van der Waals surface area contributed by atoms with Gasteiger partial charge in [-0.25, -0.2) is 13.2 Å². The zero-order valence-corrected chi connectivity index (χ0v) is 9.27. The largest absolute Gasteiger partial charge is 0.344 e. The Morgan fingerprint density at radius 3 is 2.00 bits per heavy atom. The van der Waals surface area contributed by atoms with E-state index in [1.165, 1.54) is 0 Å². The standard InChI is InChI=1S/C7H12F4O3S.H3N/c8-3-1-2-5(9)7(11)6(10)4-15(12,13)14;/h5-7H,1-4H2,(H,12,13,14);1H3. The van der Waals surface area contributed by atoms with E-state index in [0.717, 1.165) is 0 Å². The normalized spacial score (nSPS) is 17.3. The topological polar surface area (TPSA) is 89.4 Å². The number of hydrogen-bond acceptors (Lipinski definition) is 3. The molecule has 0 aliphatic heterocycles. The van der Waals surface area contributed by atoms with Gasteiger partial charge < -0.3 is 6.15 Å². The van der Waals surface area contributed by atoms with Crippen LogP contribution >= 0.6 is 0 Å². The summed E-state index contributed by atoms with van der Waals surface area (Å²) in [5.41, 5.74) is 0. The second-order valence-electron chi connectivity index (χ2n) is 3.06. The third-order valence-corrected chi connectivity index (χ3v) is 2.41. The van der Waals surface area contributed by atoms with E-state index in [9.17, 15) is 26.0 Å². The summed E-state index contributed by atoms with van der Waals surface area (Å²) < 4.78 is 78.3. The molecule has 100 valence electrons. The highest BCUT2D eigenvalue weighted by Crippen LogP contribution is 2.17. The predicted molar refractivity (Wildman–Crippen MR) is 51.3 cm³/mol. The monoisotopic (exact) mass is 269 g/mol. The second kappa shape index (κ2) is 7.80. The van der Waals surface area contributed by atoms with Crippen molar-refractivity contribution in [3.63, 3.8) is 0 Å². The molecule has 4 nitrogen and oxygen atoms in total. The van der Waals surface area contributed by atoms with Crippen LogP contribution in [0.25, 0.3) is 0 Å². The molecule has 0 aliphatic rings. The molecule has 0 saturated carbocycles. The van der Waals surface area contributed by atoms with Crippen LogP contribution in [0, 0.1) is 0 Å². The molecule has 0 bridgehead atoms. The van der Waals surface area contributed by atoms with Gasteiger partial charge in [-0.2, -0.15) is 8.42 Å². The summed E-state index contributed by atoms with van der Waals surface area (Å²) in [6.07, 6.45) is -8.37. The van der Waals surface area contributed by atoms with E-state index in [1.54, 1.807) is 0 Å². The summed E-state index contributed by atoms with van der Waals surface area (Å²) in [4.78, 5) is 0. The molecule has 3 atom stereocenters. The molecule has 9 heteroatoms. The fourth-order valence-corrected chi connectivity index (χ4v) is 1.54. The van der Waals surface area contributed by atoms with E-state index >= 15 is 0 Å². The lowest BCUT2D eigenvalue weighted by Gasteiger charge is -2.15. The van der Waals surface area contributed by atoms with Gasteiger partial charge in [-0.3, -0.25) is 8.94 Å². The van der Waals surface area contributed by atoms with Gasteiger partial charge in [0.05, 0.1) is 6.67 Å². The van der Waals surface area contributed by atoms with Gasteiger partial charge in [-0.15, -0.1) is 0 Å². The third-order valence-electron chi connectivity index (χ3n) is 1.67. The maximum atomic E-state index is 12.8. The van der Waals surface area contributed by atoms with Crippen molar-refractivity contribution in [2.75, 3.05) is 12.4 Å². The van der Waals surface area contributed by atoms with Gasteiger partial charge >= 0.3 is 0 Å². The van der Waals surface area contributed by atoms with Crippen LogP contribution in [0.3, 0.4) is 0 Å². The van der Waals surface area contributed by atoms with Crippen molar-refractivity contribution in [1.29, 1.82) is 0 Å².